The lowest BCUT2D eigenvalue weighted by Crippen LogP contribution is -2.28. The summed E-state index contributed by atoms with van der Waals surface area (Å²) >= 11 is 0. The first-order chi connectivity index (χ1) is 8.24. The van der Waals surface area contributed by atoms with Crippen LogP contribution in [0.15, 0.2) is 18.3 Å². The lowest BCUT2D eigenvalue weighted by Gasteiger charge is -2.25. The molecule has 1 aliphatic carbocycles. The lowest BCUT2D eigenvalue weighted by atomic mass is 9.83. The zero-order chi connectivity index (χ0) is 12.1. The fourth-order valence-electron chi connectivity index (χ4n) is 1.96. The first-order valence-corrected chi connectivity index (χ1v) is 6.21. The molecule has 1 heterocycles. The van der Waals surface area contributed by atoms with E-state index in [0.29, 0.717) is 12.1 Å². The second kappa shape index (κ2) is 5.66. The number of nitrogens with zero attached hydrogens (tertiary/aromatic N) is 1. The Morgan fingerprint density at radius 1 is 1.47 bits per heavy atom. The van der Waals surface area contributed by atoms with Crippen LogP contribution in [0.4, 0.5) is 5.69 Å². The number of hydrogen-bond donors (Lipinski definition) is 2. The fourth-order valence-corrected chi connectivity index (χ4v) is 1.96. The van der Waals surface area contributed by atoms with Gasteiger partial charge in [-0.2, -0.15) is 0 Å². The van der Waals surface area contributed by atoms with Gasteiger partial charge < -0.3 is 11.1 Å². The average Bonchev–Trinajstić information content (AvgIpc) is 2.25. The molecular weight excluding hydrogens is 214 g/mol. The van der Waals surface area contributed by atoms with Crippen molar-refractivity contribution in [2.24, 2.45) is 5.92 Å². The number of amides is 1. The maximum atomic E-state index is 11.6. The molecule has 4 nitrogen and oxygen atoms in total. The highest BCUT2D eigenvalue weighted by Crippen LogP contribution is 2.28. The third-order valence-electron chi connectivity index (χ3n) is 3.29. The Bertz CT molecular complexity index is 371. The normalized spacial score (nSPS) is 15.3. The standard InChI is InChI=1S/C13H19N3O/c14-11-4-5-12(16-9-11)8-13(17)15-7-6-10-2-1-3-10/h4-5,9-10H,1-3,6-8,14H2,(H,15,17). The smallest absolute Gasteiger partial charge is 0.226 e. The van der Waals surface area contributed by atoms with E-state index in [1.165, 1.54) is 19.3 Å². The summed E-state index contributed by atoms with van der Waals surface area (Å²) in [5.41, 5.74) is 6.92. The largest absolute Gasteiger partial charge is 0.397 e. The van der Waals surface area contributed by atoms with Crippen molar-refractivity contribution in [2.75, 3.05) is 12.3 Å². The second-order valence-electron chi connectivity index (χ2n) is 4.70. The van der Waals surface area contributed by atoms with E-state index in [1.54, 1.807) is 18.3 Å². The molecular formula is C13H19N3O. The van der Waals surface area contributed by atoms with Crippen LogP contribution in [0.5, 0.6) is 0 Å². The Balaban J connectivity index is 1.67. The Morgan fingerprint density at radius 3 is 2.88 bits per heavy atom. The number of rotatable bonds is 5. The quantitative estimate of drug-likeness (QED) is 0.810. The molecule has 0 aliphatic heterocycles. The molecule has 1 aliphatic rings. The highest BCUT2D eigenvalue weighted by atomic mass is 16.1. The van der Waals surface area contributed by atoms with E-state index in [2.05, 4.69) is 10.3 Å². The van der Waals surface area contributed by atoms with Crippen LogP contribution in [0.3, 0.4) is 0 Å². The van der Waals surface area contributed by atoms with Gasteiger partial charge in [-0.25, -0.2) is 0 Å². The summed E-state index contributed by atoms with van der Waals surface area (Å²) in [5.74, 6) is 0.881. The number of nitrogen functional groups attached to an aromatic ring is 1. The summed E-state index contributed by atoms with van der Waals surface area (Å²) in [6, 6.07) is 3.56. The van der Waals surface area contributed by atoms with Gasteiger partial charge in [0.15, 0.2) is 0 Å². The van der Waals surface area contributed by atoms with Crippen molar-refractivity contribution in [3.8, 4) is 0 Å². The minimum Gasteiger partial charge on any atom is -0.397 e. The second-order valence-corrected chi connectivity index (χ2v) is 4.70. The van der Waals surface area contributed by atoms with Crippen molar-refractivity contribution in [3.63, 3.8) is 0 Å². The zero-order valence-electron chi connectivity index (χ0n) is 9.98. The molecule has 0 saturated heterocycles. The van der Waals surface area contributed by atoms with Crippen LogP contribution >= 0.6 is 0 Å². The molecule has 3 N–H and O–H groups in total. The van der Waals surface area contributed by atoms with E-state index in [9.17, 15) is 4.79 Å². The number of carbonyl (C=O) groups is 1. The van der Waals surface area contributed by atoms with E-state index >= 15 is 0 Å². The molecule has 1 fully saturated rings. The molecule has 0 bridgehead atoms. The predicted octanol–water partition coefficient (Wildman–Crippen LogP) is 1.51. The summed E-state index contributed by atoms with van der Waals surface area (Å²) in [5, 5.41) is 2.93. The summed E-state index contributed by atoms with van der Waals surface area (Å²) < 4.78 is 0. The van der Waals surface area contributed by atoms with E-state index < -0.39 is 0 Å². The van der Waals surface area contributed by atoms with Gasteiger partial charge in [0.1, 0.15) is 0 Å². The number of hydrogen-bond acceptors (Lipinski definition) is 3. The van der Waals surface area contributed by atoms with Gasteiger partial charge in [0, 0.05) is 12.2 Å². The molecule has 92 valence electrons. The van der Waals surface area contributed by atoms with E-state index in [0.717, 1.165) is 24.6 Å². The minimum atomic E-state index is 0.0431. The Hall–Kier alpha value is -1.58. The highest BCUT2D eigenvalue weighted by Gasteiger charge is 2.16. The first kappa shape index (κ1) is 11.9. The summed E-state index contributed by atoms with van der Waals surface area (Å²) in [6.07, 6.45) is 7.04. The fraction of sp³-hybridized carbons (Fsp3) is 0.538. The molecule has 0 atom stereocenters. The van der Waals surface area contributed by atoms with Gasteiger partial charge in [-0.15, -0.1) is 0 Å². The van der Waals surface area contributed by atoms with Crippen molar-refractivity contribution in [1.82, 2.24) is 10.3 Å². The molecule has 17 heavy (non-hydrogen) atoms. The van der Waals surface area contributed by atoms with Crippen molar-refractivity contribution in [2.45, 2.75) is 32.1 Å². The molecule has 1 saturated carbocycles. The molecule has 0 aromatic carbocycles. The van der Waals surface area contributed by atoms with Gasteiger partial charge in [-0.05, 0) is 24.5 Å². The Kier molecular flexibility index (Phi) is 3.96. The summed E-state index contributed by atoms with van der Waals surface area (Å²) in [4.78, 5) is 15.7. The molecule has 1 aromatic heterocycles. The molecule has 2 rings (SSSR count). The Labute approximate surface area is 102 Å². The van der Waals surface area contributed by atoms with Crippen LogP contribution in [0, 0.1) is 5.92 Å². The van der Waals surface area contributed by atoms with Crippen molar-refractivity contribution in [1.29, 1.82) is 0 Å². The van der Waals surface area contributed by atoms with E-state index in [1.807, 2.05) is 0 Å². The maximum absolute atomic E-state index is 11.6. The van der Waals surface area contributed by atoms with E-state index in [4.69, 9.17) is 5.73 Å². The van der Waals surface area contributed by atoms with Crippen LogP contribution in [0.25, 0.3) is 0 Å². The monoisotopic (exact) mass is 233 g/mol. The topological polar surface area (TPSA) is 68.0 Å². The van der Waals surface area contributed by atoms with Gasteiger partial charge in [0.25, 0.3) is 0 Å². The van der Waals surface area contributed by atoms with Crippen molar-refractivity contribution < 1.29 is 4.79 Å². The SMILES string of the molecule is Nc1ccc(CC(=O)NCCC2CCC2)nc1. The van der Waals surface area contributed by atoms with Gasteiger partial charge in [-0.3, -0.25) is 9.78 Å². The molecule has 1 amide bonds. The predicted molar refractivity (Wildman–Crippen MR) is 67.3 cm³/mol. The number of nitrogens with one attached hydrogen (secondary N) is 1. The third-order valence-corrected chi connectivity index (χ3v) is 3.29. The Morgan fingerprint density at radius 2 is 2.29 bits per heavy atom. The van der Waals surface area contributed by atoms with Gasteiger partial charge in [0.05, 0.1) is 18.3 Å². The molecule has 4 heteroatoms. The number of aromatic nitrogens is 1. The molecule has 0 spiro atoms. The summed E-state index contributed by atoms with van der Waals surface area (Å²) in [6.45, 7) is 0.790. The van der Waals surface area contributed by atoms with Gasteiger partial charge in [0.2, 0.25) is 5.91 Å². The van der Waals surface area contributed by atoms with E-state index in [-0.39, 0.29) is 5.91 Å². The minimum absolute atomic E-state index is 0.0431. The molecule has 1 aromatic rings. The van der Waals surface area contributed by atoms with Crippen LogP contribution in [-0.4, -0.2) is 17.4 Å². The molecule has 0 unspecified atom stereocenters. The zero-order valence-corrected chi connectivity index (χ0v) is 9.98. The van der Waals surface area contributed by atoms with Crippen LogP contribution < -0.4 is 11.1 Å². The number of carbonyl (C=O) groups excluding carboxylic acids is 1. The number of pyridine rings is 1. The van der Waals surface area contributed by atoms with Crippen LogP contribution in [0.2, 0.25) is 0 Å². The average molecular weight is 233 g/mol. The van der Waals surface area contributed by atoms with Crippen molar-refractivity contribution in [3.05, 3.63) is 24.0 Å². The maximum Gasteiger partial charge on any atom is 0.226 e. The van der Waals surface area contributed by atoms with Crippen LogP contribution in [-0.2, 0) is 11.2 Å². The van der Waals surface area contributed by atoms with Crippen molar-refractivity contribution >= 4 is 11.6 Å². The molecule has 0 radical (unpaired) electrons. The highest BCUT2D eigenvalue weighted by molar-refractivity contribution is 5.78. The number of anilines is 1. The summed E-state index contributed by atoms with van der Waals surface area (Å²) in [7, 11) is 0. The third kappa shape index (κ3) is 3.73. The van der Waals surface area contributed by atoms with Crippen LogP contribution in [0.1, 0.15) is 31.4 Å². The first-order valence-electron chi connectivity index (χ1n) is 6.21. The van der Waals surface area contributed by atoms with Gasteiger partial charge in [-0.1, -0.05) is 19.3 Å². The lowest BCUT2D eigenvalue weighted by molar-refractivity contribution is -0.120. The number of nitrogens with two attached hydrogens (primary N) is 1. The van der Waals surface area contributed by atoms with Gasteiger partial charge >= 0.3 is 0 Å².